The average molecular weight is 353 g/mol. The number of esters is 1. The van der Waals surface area contributed by atoms with Crippen LogP contribution in [0.4, 0.5) is 0 Å². The highest BCUT2D eigenvalue weighted by Gasteiger charge is 2.45. The highest BCUT2D eigenvalue weighted by Crippen LogP contribution is 2.49. The highest BCUT2D eigenvalue weighted by atomic mass is 28.1. The average Bonchev–Trinajstić information content (AvgIpc) is 2.61. The van der Waals surface area contributed by atoms with Gasteiger partial charge in [0.2, 0.25) is 0 Å². The molecule has 2 rings (SSSR count). The number of rotatable bonds is 8. The molecule has 2 saturated carbocycles. The maximum atomic E-state index is 13.3. The first-order valence-electron chi connectivity index (χ1n) is 10.8. The lowest BCUT2D eigenvalue weighted by molar-refractivity contribution is -0.157. The first-order chi connectivity index (χ1) is 11.6. The van der Waals surface area contributed by atoms with Gasteiger partial charge >= 0.3 is 5.97 Å². The van der Waals surface area contributed by atoms with Crippen molar-refractivity contribution < 1.29 is 9.53 Å². The fraction of sp³-hybridized carbons (Fsp3) is 0.952. The predicted octanol–water partition coefficient (Wildman–Crippen LogP) is 5.18. The zero-order valence-electron chi connectivity index (χ0n) is 16.4. The van der Waals surface area contributed by atoms with Crippen LogP contribution in [0.2, 0.25) is 5.04 Å². The smallest absolute Gasteiger partial charge is 0.308 e. The van der Waals surface area contributed by atoms with Crippen molar-refractivity contribution in [1.82, 2.24) is 0 Å². The number of ether oxygens (including phenoxy) is 1. The molecule has 0 aromatic heterocycles. The number of hydrogen-bond donors (Lipinski definition) is 0. The Morgan fingerprint density at radius 1 is 1.00 bits per heavy atom. The summed E-state index contributed by atoms with van der Waals surface area (Å²) in [6.07, 6.45) is 17.6. The van der Waals surface area contributed by atoms with E-state index >= 15 is 0 Å². The van der Waals surface area contributed by atoms with Crippen LogP contribution in [0.3, 0.4) is 0 Å². The van der Waals surface area contributed by atoms with Crippen molar-refractivity contribution in [2.24, 2.45) is 11.8 Å². The molecule has 140 valence electrons. The first kappa shape index (κ1) is 20.0. The van der Waals surface area contributed by atoms with E-state index in [2.05, 4.69) is 13.8 Å². The Labute approximate surface area is 152 Å². The van der Waals surface area contributed by atoms with Crippen molar-refractivity contribution in [3.8, 4) is 0 Å². The lowest BCUT2D eigenvalue weighted by atomic mass is 9.70. The summed E-state index contributed by atoms with van der Waals surface area (Å²) in [5.41, 5.74) is 0. The van der Waals surface area contributed by atoms with E-state index in [0.717, 1.165) is 41.8 Å². The lowest BCUT2D eigenvalue weighted by Crippen LogP contribution is -2.40. The Morgan fingerprint density at radius 2 is 1.58 bits per heavy atom. The fourth-order valence-corrected chi connectivity index (χ4v) is 6.73. The minimum absolute atomic E-state index is 0.135. The summed E-state index contributed by atoms with van der Waals surface area (Å²) in [7, 11) is 0.949. The molecule has 0 heterocycles. The molecule has 0 aromatic carbocycles. The van der Waals surface area contributed by atoms with Crippen molar-refractivity contribution in [2.45, 2.75) is 115 Å². The van der Waals surface area contributed by atoms with Gasteiger partial charge < -0.3 is 4.74 Å². The second-order valence-electron chi connectivity index (χ2n) is 8.63. The minimum Gasteiger partial charge on any atom is -0.462 e. The topological polar surface area (TPSA) is 26.3 Å². The molecule has 24 heavy (non-hydrogen) atoms. The van der Waals surface area contributed by atoms with Gasteiger partial charge in [0.05, 0.1) is 5.04 Å². The zero-order valence-corrected chi connectivity index (χ0v) is 18.4. The van der Waals surface area contributed by atoms with Crippen molar-refractivity contribution >= 4 is 16.2 Å². The van der Waals surface area contributed by atoms with E-state index in [0.29, 0.717) is 5.92 Å². The molecule has 2 fully saturated rings. The van der Waals surface area contributed by atoms with Gasteiger partial charge in [-0.05, 0) is 50.4 Å². The summed E-state index contributed by atoms with van der Waals surface area (Å²) in [6.45, 7) is 4.53. The van der Waals surface area contributed by atoms with Crippen LogP contribution < -0.4 is 0 Å². The van der Waals surface area contributed by atoms with Crippen molar-refractivity contribution in [3.63, 3.8) is 0 Å². The molecule has 0 saturated heterocycles. The van der Waals surface area contributed by atoms with E-state index in [1.165, 1.54) is 64.2 Å². The standard InChI is InChI=1S/C21H40O2Si/c1-3-11-19(17-12-7-5-8-13-17)21(24,16-4-2)20(22)23-18-14-9-6-10-15-18/h17-19H,3-16H2,1-2,24H3. The Balaban J connectivity index is 2.12. The maximum absolute atomic E-state index is 13.3. The van der Waals surface area contributed by atoms with Crippen LogP contribution in [0.1, 0.15) is 104 Å². The zero-order chi connectivity index (χ0) is 17.4. The van der Waals surface area contributed by atoms with E-state index in [1.807, 2.05) is 0 Å². The van der Waals surface area contributed by atoms with Crippen LogP contribution >= 0.6 is 0 Å². The summed E-state index contributed by atoms with van der Waals surface area (Å²) in [5, 5.41) is -0.135. The van der Waals surface area contributed by atoms with E-state index in [9.17, 15) is 4.79 Å². The second kappa shape index (κ2) is 9.99. The molecular formula is C21H40O2Si. The molecule has 0 N–H and O–H groups in total. The van der Waals surface area contributed by atoms with Crippen LogP contribution in [-0.2, 0) is 9.53 Å². The molecule has 0 bridgehead atoms. The number of carbonyl (C=O) groups excluding carboxylic acids is 1. The van der Waals surface area contributed by atoms with Crippen LogP contribution in [0.25, 0.3) is 0 Å². The highest BCUT2D eigenvalue weighted by molar-refractivity contribution is 6.27. The largest absolute Gasteiger partial charge is 0.462 e. The quantitative estimate of drug-likeness (QED) is 0.444. The molecule has 0 amide bonds. The molecule has 2 aliphatic carbocycles. The summed E-state index contributed by atoms with van der Waals surface area (Å²) < 4.78 is 6.12. The Kier molecular flexibility index (Phi) is 8.32. The van der Waals surface area contributed by atoms with Gasteiger partial charge in [0.15, 0.2) is 0 Å². The number of carbonyl (C=O) groups is 1. The maximum Gasteiger partial charge on any atom is 0.308 e. The third kappa shape index (κ3) is 5.09. The molecular weight excluding hydrogens is 312 g/mol. The second-order valence-corrected chi connectivity index (χ2v) is 10.4. The first-order valence-corrected chi connectivity index (χ1v) is 11.8. The monoisotopic (exact) mass is 352 g/mol. The van der Waals surface area contributed by atoms with E-state index in [-0.39, 0.29) is 17.1 Å². The van der Waals surface area contributed by atoms with Crippen LogP contribution in [0.15, 0.2) is 0 Å². The lowest BCUT2D eigenvalue weighted by Gasteiger charge is -2.43. The van der Waals surface area contributed by atoms with Crippen LogP contribution in [0, 0.1) is 11.8 Å². The van der Waals surface area contributed by atoms with Crippen LogP contribution in [0.5, 0.6) is 0 Å². The Morgan fingerprint density at radius 3 is 2.12 bits per heavy atom. The van der Waals surface area contributed by atoms with E-state index in [1.54, 1.807) is 0 Å². The van der Waals surface area contributed by atoms with Crippen LogP contribution in [-0.4, -0.2) is 22.3 Å². The molecule has 2 atom stereocenters. The van der Waals surface area contributed by atoms with Gasteiger partial charge in [0.1, 0.15) is 6.10 Å². The fourth-order valence-electron chi connectivity index (χ4n) is 5.35. The molecule has 0 aromatic rings. The summed E-state index contributed by atoms with van der Waals surface area (Å²) in [5.74, 6) is 1.53. The van der Waals surface area contributed by atoms with Gasteiger partial charge in [0, 0.05) is 10.2 Å². The molecule has 2 unspecified atom stereocenters. The summed E-state index contributed by atoms with van der Waals surface area (Å²) >= 11 is 0. The third-order valence-electron chi connectivity index (χ3n) is 6.70. The predicted molar refractivity (Wildman–Crippen MR) is 105 cm³/mol. The Hall–Kier alpha value is -0.313. The normalized spacial score (nSPS) is 24.4. The van der Waals surface area contributed by atoms with Gasteiger partial charge in [-0.1, -0.05) is 65.2 Å². The van der Waals surface area contributed by atoms with Gasteiger partial charge in [-0.2, -0.15) is 0 Å². The van der Waals surface area contributed by atoms with Gasteiger partial charge in [0.25, 0.3) is 0 Å². The Bertz CT molecular complexity index is 372. The number of hydrogen-bond acceptors (Lipinski definition) is 2. The van der Waals surface area contributed by atoms with Gasteiger partial charge in [-0.25, -0.2) is 0 Å². The van der Waals surface area contributed by atoms with Crippen molar-refractivity contribution in [1.29, 1.82) is 0 Å². The SMILES string of the molecule is CCCC(C1CCCCC1)C([SiH3])(CCC)C(=O)OC1CCCCC1. The van der Waals surface area contributed by atoms with Gasteiger partial charge in [-0.3, -0.25) is 4.79 Å². The molecule has 0 spiro atoms. The van der Waals surface area contributed by atoms with E-state index in [4.69, 9.17) is 4.74 Å². The molecule has 0 radical (unpaired) electrons. The third-order valence-corrected chi connectivity index (χ3v) is 8.35. The van der Waals surface area contributed by atoms with Gasteiger partial charge in [-0.15, -0.1) is 0 Å². The van der Waals surface area contributed by atoms with Crippen molar-refractivity contribution in [3.05, 3.63) is 0 Å². The molecule has 3 heteroatoms. The molecule has 2 aliphatic rings. The molecule has 0 aliphatic heterocycles. The minimum atomic E-state index is -0.135. The van der Waals surface area contributed by atoms with E-state index < -0.39 is 0 Å². The molecule has 2 nitrogen and oxygen atoms in total. The summed E-state index contributed by atoms with van der Waals surface area (Å²) in [6, 6.07) is 0. The van der Waals surface area contributed by atoms with Crippen molar-refractivity contribution in [2.75, 3.05) is 0 Å². The summed E-state index contributed by atoms with van der Waals surface area (Å²) in [4.78, 5) is 13.3.